The van der Waals surface area contributed by atoms with Crippen LogP contribution >= 0.6 is 11.3 Å². The highest BCUT2D eigenvalue weighted by atomic mass is 32.1. The molecule has 2 rings (SSSR count). The highest BCUT2D eigenvalue weighted by Crippen LogP contribution is 2.30. The first kappa shape index (κ1) is 9.72. The molecule has 1 heteroatoms. The molecular formula is C13H15S. The predicted molar refractivity (Wildman–Crippen MR) is 63.9 cm³/mol. The molecule has 0 aromatic carbocycles. The Kier molecular flexibility index (Phi) is 3.20. The lowest BCUT2D eigenvalue weighted by Gasteiger charge is -2.02. The highest BCUT2D eigenvalue weighted by Gasteiger charge is 2.07. The van der Waals surface area contributed by atoms with Crippen LogP contribution in [-0.4, -0.2) is 0 Å². The van der Waals surface area contributed by atoms with E-state index in [9.17, 15) is 0 Å². The maximum absolute atomic E-state index is 3.87. The van der Waals surface area contributed by atoms with E-state index in [0.29, 0.717) is 0 Å². The lowest BCUT2D eigenvalue weighted by Crippen LogP contribution is -1.84. The van der Waals surface area contributed by atoms with Crippen molar-refractivity contribution in [3.05, 3.63) is 41.4 Å². The standard InChI is InChI=1S/C13H15S/c1-2-3-4-5-11-6-7-12-10-14-9-8-13(11)12/h6-10H,1-5H2. The molecule has 14 heavy (non-hydrogen) atoms. The average Bonchev–Trinajstić information content (AvgIpc) is 2.63. The van der Waals surface area contributed by atoms with Crippen LogP contribution in [0.2, 0.25) is 0 Å². The Balaban J connectivity index is 2.11. The van der Waals surface area contributed by atoms with Gasteiger partial charge in [-0.1, -0.05) is 31.9 Å². The molecule has 0 bridgehead atoms. The van der Waals surface area contributed by atoms with Gasteiger partial charge in [0.25, 0.3) is 0 Å². The van der Waals surface area contributed by atoms with Crippen molar-refractivity contribution in [3.8, 4) is 11.1 Å². The first-order valence-electron chi connectivity index (χ1n) is 5.15. The largest absolute Gasteiger partial charge is 0.152 e. The summed E-state index contributed by atoms with van der Waals surface area (Å²) in [7, 11) is 0. The minimum absolute atomic E-state index is 1.06. The molecule has 0 N–H and O–H groups in total. The van der Waals surface area contributed by atoms with E-state index in [1.54, 1.807) is 11.3 Å². The summed E-state index contributed by atoms with van der Waals surface area (Å²) in [5.74, 6) is 0. The van der Waals surface area contributed by atoms with Crippen molar-refractivity contribution in [2.45, 2.75) is 25.7 Å². The summed E-state index contributed by atoms with van der Waals surface area (Å²) in [5.41, 5.74) is 4.33. The molecule has 1 aliphatic heterocycles. The lowest BCUT2D eigenvalue weighted by molar-refractivity contribution is 0.748. The first-order valence-corrected chi connectivity index (χ1v) is 6.09. The molecule has 73 valence electrons. The van der Waals surface area contributed by atoms with Gasteiger partial charge in [0, 0.05) is 0 Å². The van der Waals surface area contributed by atoms with Crippen LogP contribution in [0.5, 0.6) is 0 Å². The molecule has 0 fully saturated rings. The van der Waals surface area contributed by atoms with E-state index in [2.05, 4.69) is 35.9 Å². The van der Waals surface area contributed by atoms with E-state index >= 15 is 0 Å². The van der Waals surface area contributed by atoms with Crippen molar-refractivity contribution in [2.75, 3.05) is 0 Å². The van der Waals surface area contributed by atoms with E-state index in [4.69, 9.17) is 0 Å². The smallest absolute Gasteiger partial charge is 0.00149 e. The summed E-state index contributed by atoms with van der Waals surface area (Å²) in [6.07, 6.45) is 4.76. The van der Waals surface area contributed by atoms with Crippen LogP contribution in [0.3, 0.4) is 0 Å². The van der Waals surface area contributed by atoms with Crippen LogP contribution in [0.15, 0.2) is 29.0 Å². The van der Waals surface area contributed by atoms with Crippen molar-refractivity contribution in [3.63, 3.8) is 0 Å². The Hall–Kier alpha value is -0.820. The molecule has 0 amide bonds. The zero-order chi connectivity index (χ0) is 9.80. The lowest BCUT2D eigenvalue weighted by atomic mass is 10.0. The predicted octanol–water partition coefficient (Wildman–Crippen LogP) is 4.40. The van der Waals surface area contributed by atoms with Gasteiger partial charge in [0.15, 0.2) is 0 Å². The number of hydrogen-bond donors (Lipinski definition) is 0. The van der Waals surface area contributed by atoms with Gasteiger partial charge >= 0.3 is 0 Å². The van der Waals surface area contributed by atoms with Gasteiger partial charge in [-0.3, -0.25) is 0 Å². The second-order valence-electron chi connectivity index (χ2n) is 3.59. The molecule has 0 atom stereocenters. The summed E-state index contributed by atoms with van der Waals surface area (Å²) >= 11 is 1.76. The Morgan fingerprint density at radius 3 is 2.93 bits per heavy atom. The number of hydrogen-bond acceptors (Lipinski definition) is 1. The van der Waals surface area contributed by atoms with Crippen LogP contribution in [0, 0.1) is 6.92 Å². The quantitative estimate of drug-likeness (QED) is 0.646. The third kappa shape index (κ3) is 1.98. The summed E-state index contributed by atoms with van der Waals surface area (Å²) in [5, 5.41) is 4.38. The third-order valence-corrected chi connectivity index (χ3v) is 3.26. The minimum atomic E-state index is 1.06. The van der Waals surface area contributed by atoms with E-state index in [0.717, 1.165) is 6.42 Å². The monoisotopic (exact) mass is 203 g/mol. The van der Waals surface area contributed by atoms with Gasteiger partial charge in [-0.25, -0.2) is 0 Å². The second kappa shape index (κ2) is 4.61. The highest BCUT2D eigenvalue weighted by molar-refractivity contribution is 7.07. The minimum Gasteiger partial charge on any atom is -0.152 e. The van der Waals surface area contributed by atoms with Gasteiger partial charge in [0.1, 0.15) is 0 Å². The molecule has 1 heterocycles. The number of rotatable bonds is 4. The van der Waals surface area contributed by atoms with E-state index in [-0.39, 0.29) is 0 Å². The van der Waals surface area contributed by atoms with E-state index in [1.165, 1.54) is 36.0 Å². The van der Waals surface area contributed by atoms with Crippen molar-refractivity contribution in [1.29, 1.82) is 0 Å². The Morgan fingerprint density at radius 2 is 2.07 bits per heavy atom. The molecule has 0 spiro atoms. The number of aryl methyl sites for hydroxylation is 1. The maximum Gasteiger partial charge on any atom is -0.00149 e. The van der Waals surface area contributed by atoms with Crippen LogP contribution in [-0.2, 0) is 6.42 Å². The molecule has 2 aliphatic rings. The molecule has 0 aromatic heterocycles. The van der Waals surface area contributed by atoms with Crippen molar-refractivity contribution in [2.24, 2.45) is 0 Å². The molecule has 0 aromatic rings. The van der Waals surface area contributed by atoms with Crippen LogP contribution in [0.4, 0.5) is 0 Å². The molecule has 1 radical (unpaired) electrons. The number of fused-ring (bicyclic) bond motifs is 1. The average molecular weight is 203 g/mol. The normalized spacial score (nSPS) is 10.9. The van der Waals surface area contributed by atoms with Gasteiger partial charge in [-0.05, 0) is 46.4 Å². The summed E-state index contributed by atoms with van der Waals surface area (Å²) < 4.78 is 0. The van der Waals surface area contributed by atoms with Gasteiger partial charge in [0.05, 0.1) is 0 Å². The summed E-state index contributed by atoms with van der Waals surface area (Å²) in [6.45, 7) is 3.87. The number of unbranched alkanes of at least 4 members (excludes halogenated alkanes) is 2. The van der Waals surface area contributed by atoms with Crippen LogP contribution in [0.1, 0.15) is 24.8 Å². The van der Waals surface area contributed by atoms with Gasteiger partial charge < -0.3 is 0 Å². The SMILES string of the molecule is [CH2]CCCCc1ccc2csccc1-2. The van der Waals surface area contributed by atoms with Gasteiger partial charge in [-0.15, -0.1) is 0 Å². The van der Waals surface area contributed by atoms with E-state index < -0.39 is 0 Å². The van der Waals surface area contributed by atoms with Crippen molar-refractivity contribution < 1.29 is 0 Å². The van der Waals surface area contributed by atoms with Crippen LogP contribution in [0.25, 0.3) is 11.1 Å². The molecular weight excluding hydrogens is 188 g/mol. The Morgan fingerprint density at radius 1 is 1.14 bits per heavy atom. The van der Waals surface area contributed by atoms with Gasteiger partial charge in [0.2, 0.25) is 0 Å². The fourth-order valence-corrected chi connectivity index (χ4v) is 2.44. The fourth-order valence-electron chi connectivity index (χ4n) is 1.79. The molecule has 0 nitrogen and oxygen atoms in total. The maximum atomic E-state index is 3.87. The first-order chi connectivity index (χ1) is 6.92. The second-order valence-corrected chi connectivity index (χ2v) is 4.37. The Labute approximate surface area is 89.9 Å². The molecule has 0 unspecified atom stereocenters. The van der Waals surface area contributed by atoms with Crippen molar-refractivity contribution >= 4 is 11.3 Å². The zero-order valence-corrected chi connectivity index (χ0v) is 9.15. The van der Waals surface area contributed by atoms with E-state index in [1.807, 2.05) is 0 Å². The van der Waals surface area contributed by atoms with Crippen molar-refractivity contribution in [1.82, 2.24) is 0 Å². The fraction of sp³-hybridized carbons (Fsp3) is 0.308. The topological polar surface area (TPSA) is 0 Å². The van der Waals surface area contributed by atoms with Gasteiger partial charge in [-0.2, -0.15) is 11.3 Å². The molecule has 0 saturated carbocycles. The summed E-state index contributed by atoms with van der Waals surface area (Å²) in [6, 6.07) is 6.73. The Bertz CT molecular complexity index is 362. The zero-order valence-electron chi connectivity index (χ0n) is 8.33. The van der Waals surface area contributed by atoms with Crippen LogP contribution < -0.4 is 0 Å². The third-order valence-electron chi connectivity index (χ3n) is 2.58. The summed E-state index contributed by atoms with van der Waals surface area (Å²) in [4.78, 5) is 0. The molecule has 1 aliphatic carbocycles. The molecule has 0 saturated heterocycles.